The van der Waals surface area contributed by atoms with Gasteiger partial charge in [0.2, 0.25) is 0 Å². The largest absolute Gasteiger partial charge is 0.460 e. The van der Waals surface area contributed by atoms with Gasteiger partial charge in [-0.25, -0.2) is 9.69 Å². The zero-order valence-corrected chi connectivity index (χ0v) is 12.1. The standard InChI is InChI=1S/C15H19F3N2O2/c16-15(17,18)20-9-5-4-8-13(20)10-19-14(21)22-11-12-6-2-1-3-7-12/h1-3,6-7,13H,4-5,8-11H2,(H,19,21). The molecule has 4 nitrogen and oxygen atoms in total. The van der Waals surface area contributed by atoms with Crippen molar-refractivity contribution in [2.75, 3.05) is 13.1 Å². The molecule has 1 aromatic carbocycles. The average molecular weight is 316 g/mol. The maximum atomic E-state index is 12.9. The van der Waals surface area contributed by atoms with Crippen LogP contribution < -0.4 is 5.32 Å². The van der Waals surface area contributed by atoms with Crippen LogP contribution in [0.15, 0.2) is 30.3 Å². The highest BCUT2D eigenvalue weighted by Gasteiger charge is 2.42. The van der Waals surface area contributed by atoms with Gasteiger partial charge in [0.15, 0.2) is 0 Å². The number of hydrogen-bond donors (Lipinski definition) is 1. The summed E-state index contributed by atoms with van der Waals surface area (Å²) in [7, 11) is 0. The Balaban J connectivity index is 1.77. The van der Waals surface area contributed by atoms with E-state index in [0.29, 0.717) is 17.7 Å². The number of alkyl carbamates (subject to hydrolysis) is 1. The second-order valence-corrected chi connectivity index (χ2v) is 5.25. The van der Waals surface area contributed by atoms with Gasteiger partial charge in [-0.3, -0.25) is 0 Å². The number of carbonyl (C=O) groups excluding carboxylic acids is 1. The topological polar surface area (TPSA) is 41.6 Å². The van der Waals surface area contributed by atoms with Crippen molar-refractivity contribution in [1.29, 1.82) is 0 Å². The third-order valence-electron chi connectivity index (χ3n) is 3.65. The van der Waals surface area contributed by atoms with Gasteiger partial charge in [0, 0.05) is 19.1 Å². The molecule has 0 aromatic heterocycles. The molecule has 0 bridgehead atoms. The molecule has 22 heavy (non-hydrogen) atoms. The minimum absolute atomic E-state index is 0.0189. The number of piperidine rings is 1. The lowest BCUT2D eigenvalue weighted by Crippen LogP contribution is -2.52. The number of halogens is 3. The van der Waals surface area contributed by atoms with E-state index in [1.54, 1.807) is 12.1 Å². The van der Waals surface area contributed by atoms with E-state index in [9.17, 15) is 18.0 Å². The molecule has 1 aliphatic rings. The normalized spacial score (nSPS) is 19.7. The van der Waals surface area contributed by atoms with Crippen LogP contribution in [0.3, 0.4) is 0 Å². The number of likely N-dealkylation sites (tertiary alicyclic amines) is 1. The molecule has 1 aliphatic heterocycles. The van der Waals surface area contributed by atoms with E-state index < -0.39 is 18.4 Å². The Labute approximate surface area is 127 Å². The van der Waals surface area contributed by atoms with Crippen LogP contribution in [0.1, 0.15) is 24.8 Å². The fourth-order valence-corrected chi connectivity index (χ4v) is 2.52. The molecule has 1 fully saturated rings. The van der Waals surface area contributed by atoms with Crippen molar-refractivity contribution >= 4 is 6.09 Å². The Kier molecular flexibility index (Phi) is 5.65. The molecule has 1 saturated heterocycles. The van der Waals surface area contributed by atoms with E-state index in [-0.39, 0.29) is 19.7 Å². The highest BCUT2D eigenvalue weighted by Crippen LogP contribution is 2.29. The number of alkyl halides is 3. The lowest BCUT2D eigenvalue weighted by molar-refractivity contribution is -0.263. The minimum atomic E-state index is -4.36. The summed E-state index contributed by atoms with van der Waals surface area (Å²) in [6.45, 7) is 0.0162. The van der Waals surface area contributed by atoms with Gasteiger partial charge in [-0.2, -0.15) is 13.2 Å². The van der Waals surface area contributed by atoms with E-state index in [4.69, 9.17) is 4.74 Å². The molecule has 7 heteroatoms. The molecule has 0 aliphatic carbocycles. The Morgan fingerprint density at radius 3 is 2.68 bits per heavy atom. The second-order valence-electron chi connectivity index (χ2n) is 5.25. The predicted octanol–water partition coefficient (Wildman–Crippen LogP) is 3.29. The summed E-state index contributed by atoms with van der Waals surface area (Å²) in [5.41, 5.74) is 0.826. The van der Waals surface area contributed by atoms with E-state index in [1.165, 1.54) is 0 Å². The summed E-state index contributed by atoms with van der Waals surface area (Å²) in [6.07, 6.45) is -3.39. The van der Waals surface area contributed by atoms with Crippen molar-refractivity contribution < 1.29 is 22.7 Å². The maximum Gasteiger partial charge on any atom is 0.460 e. The zero-order valence-electron chi connectivity index (χ0n) is 12.1. The first-order valence-corrected chi connectivity index (χ1v) is 7.25. The number of ether oxygens (including phenoxy) is 1. The van der Waals surface area contributed by atoms with Crippen LogP contribution in [0.2, 0.25) is 0 Å². The minimum Gasteiger partial charge on any atom is -0.445 e. The number of nitrogens with one attached hydrogen (secondary N) is 1. The smallest absolute Gasteiger partial charge is 0.445 e. The van der Waals surface area contributed by atoms with Gasteiger partial charge in [0.05, 0.1) is 0 Å². The number of carbonyl (C=O) groups is 1. The van der Waals surface area contributed by atoms with Crippen LogP contribution in [0, 0.1) is 0 Å². The Hall–Kier alpha value is -1.76. The molecule has 0 saturated carbocycles. The van der Waals surface area contributed by atoms with E-state index >= 15 is 0 Å². The van der Waals surface area contributed by atoms with Crippen LogP contribution in [0.5, 0.6) is 0 Å². The predicted molar refractivity (Wildman–Crippen MR) is 75.0 cm³/mol. The summed E-state index contributed by atoms with van der Waals surface area (Å²) in [4.78, 5) is 12.1. The number of benzene rings is 1. The van der Waals surface area contributed by atoms with Crippen LogP contribution in [0.25, 0.3) is 0 Å². The summed E-state index contributed by atoms with van der Waals surface area (Å²) in [5, 5.41) is 2.42. The molecule has 1 amide bonds. The molecule has 1 heterocycles. The average Bonchev–Trinajstić information content (AvgIpc) is 2.51. The van der Waals surface area contributed by atoms with E-state index in [2.05, 4.69) is 5.32 Å². The van der Waals surface area contributed by atoms with Crippen LogP contribution >= 0.6 is 0 Å². The molecule has 122 valence electrons. The maximum absolute atomic E-state index is 12.9. The fraction of sp³-hybridized carbons (Fsp3) is 0.533. The van der Waals surface area contributed by atoms with E-state index in [1.807, 2.05) is 18.2 Å². The van der Waals surface area contributed by atoms with Crippen molar-refractivity contribution in [2.24, 2.45) is 0 Å². The summed E-state index contributed by atoms with van der Waals surface area (Å²) in [5.74, 6) is 0. The van der Waals surface area contributed by atoms with Crippen LogP contribution in [-0.2, 0) is 11.3 Å². The highest BCUT2D eigenvalue weighted by molar-refractivity contribution is 5.67. The zero-order chi connectivity index (χ0) is 16.0. The fourth-order valence-electron chi connectivity index (χ4n) is 2.52. The molecule has 1 N–H and O–H groups in total. The SMILES string of the molecule is O=C(NCC1CCCCN1C(F)(F)F)OCc1ccccc1. The molecule has 1 atom stereocenters. The molecule has 2 rings (SSSR count). The lowest BCUT2D eigenvalue weighted by Gasteiger charge is -2.36. The lowest BCUT2D eigenvalue weighted by atomic mass is 10.0. The first kappa shape index (κ1) is 16.6. The number of hydrogen-bond acceptors (Lipinski definition) is 3. The van der Waals surface area contributed by atoms with Crippen molar-refractivity contribution in [3.63, 3.8) is 0 Å². The highest BCUT2D eigenvalue weighted by atomic mass is 19.4. The Morgan fingerprint density at radius 2 is 2.00 bits per heavy atom. The Bertz CT molecular complexity index is 479. The first-order chi connectivity index (χ1) is 10.5. The first-order valence-electron chi connectivity index (χ1n) is 7.25. The van der Waals surface area contributed by atoms with Crippen molar-refractivity contribution in [3.05, 3.63) is 35.9 Å². The quantitative estimate of drug-likeness (QED) is 0.867. The molecular formula is C15H19F3N2O2. The van der Waals surface area contributed by atoms with Crippen LogP contribution in [-0.4, -0.2) is 36.4 Å². The summed E-state index contributed by atoms with van der Waals surface area (Å²) in [6, 6.07) is 8.37. The van der Waals surface area contributed by atoms with Gasteiger partial charge in [-0.15, -0.1) is 0 Å². The third kappa shape index (κ3) is 4.91. The van der Waals surface area contributed by atoms with Crippen molar-refractivity contribution in [2.45, 2.75) is 38.2 Å². The van der Waals surface area contributed by atoms with Gasteiger partial charge in [-0.05, 0) is 18.4 Å². The van der Waals surface area contributed by atoms with Gasteiger partial charge >= 0.3 is 12.4 Å². The van der Waals surface area contributed by atoms with Crippen molar-refractivity contribution in [1.82, 2.24) is 10.2 Å². The molecule has 1 aromatic rings. The molecule has 1 unspecified atom stereocenters. The number of nitrogens with zero attached hydrogens (tertiary/aromatic N) is 1. The number of rotatable bonds is 4. The van der Waals surface area contributed by atoms with Gasteiger partial charge < -0.3 is 10.1 Å². The molecule has 0 spiro atoms. The van der Waals surface area contributed by atoms with Crippen LogP contribution in [0.4, 0.5) is 18.0 Å². The monoisotopic (exact) mass is 316 g/mol. The van der Waals surface area contributed by atoms with Gasteiger partial charge in [0.25, 0.3) is 0 Å². The number of amides is 1. The molecule has 0 radical (unpaired) electrons. The van der Waals surface area contributed by atoms with Gasteiger partial charge in [0.1, 0.15) is 6.61 Å². The summed E-state index contributed by atoms with van der Waals surface area (Å²) >= 11 is 0. The second kappa shape index (κ2) is 7.49. The van der Waals surface area contributed by atoms with E-state index in [0.717, 1.165) is 12.0 Å². The van der Waals surface area contributed by atoms with Gasteiger partial charge in [-0.1, -0.05) is 36.8 Å². The summed E-state index contributed by atoms with van der Waals surface area (Å²) < 4.78 is 43.6. The molecular weight excluding hydrogens is 297 g/mol. The Morgan fingerprint density at radius 1 is 1.27 bits per heavy atom. The third-order valence-corrected chi connectivity index (χ3v) is 3.65. The van der Waals surface area contributed by atoms with Crippen molar-refractivity contribution in [3.8, 4) is 0 Å².